The first-order chi connectivity index (χ1) is 9.94. The number of pyridine rings is 1. The van der Waals surface area contributed by atoms with Crippen molar-refractivity contribution in [3.05, 3.63) is 22.3 Å². The van der Waals surface area contributed by atoms with Crippen LogP contribution in [0.1, 0.15) is 56.8 Å². The topological polar surface area (TPSA) is 54.0 Å². The zero-order valence-electron chi connectivity index (χ0n) is 13.0. The van der Waals surface area contributed by atoms with Gasteiger partial charge in [-0.05, 0) is 47.2 Å². The van der Waals surface area contributed by atoms with Crippen LogP contribution in [-0.2, 0) is 0 Å². The van der Waals surface area contributed by atoms with Crippen molar-refractivity contribution in [2.75, 3.05) is 11.9 Å². The largest absolute Gasteiger partial charge is 0.370 e. The van der Waals surface area contributed by atoms with Crippen LogP contribution in [0, 0.1) is 5.41 Å². The number of carbonyl (C=O) groups is 1. The van der Waals surface area contributed by atoms with Crippen LogP contribution in [0.3, 0.4) is 0 Å². The van der Waals surface area contributed by atoms with Gasteiger partial charge >= 0.3 is 0 Å². The average molecular weight is 354 g/mol. The number of aromatic nitrogens is 1. The molecular weight excluding hydrogens is 330 g/mol. The van der Waals surface area contributed by atoms with Crippen molar-refractivity contribution < 1.29 is 4.79 Å². The Kier molecular flexibility index (Phi) is 5.25. The fraction of sp³-hybridized carbons (Fsp3) is 0.625. The van der Waals surface area contributed by atoms with E-state index in [4.69, 9.17) is 0 Å². The molecule has 116 valence electrons. The lowest BCUT2D eigenvalue weighted by molar-refractivity contribution is 0.0854. The van der Waals surface area contributed by atoms with Crippen molar-refractivity contribution in [2.24, 2.45) is 5.41 Å². The molecule has 21 heavy (non-hydrogen) atoms. The molecule has 5 heteroatoms. The van der Waals surface area contributed by atoms with Crippen LogP contribution in [0.4, 0.5) is 5.82 Å². The minimum atomic E-state index is -0.0419. The minimum Gasteiger partial charge on any atom is -0.370 e. The highest BCUT2D eigenvalue weighted by Gasteiger charge is 2.33. The van der Waals surface area contributed by atoms with Crippen molar-refractivity contribution in [1.82, 2.24) is 10.3 Å². The third-order valence-corrected chi connectivity index (χ3v) is 4.69. The Morgan fingerprint density at radius 2 is 2.24 bits per heavy atom. The second kappa shape index (κ2) is 6.77. The van der Waals surface area contributed by atoms with Gasteiger partial charge in [-0.2, -0.15) is 0 Å². The summed E-state index contributed by atoms with van der Waals surface area (Å²) in [4.78, 5) is 16.9. The van der Waals surface area contributed by atoms with Crippen LogP contribution in [0.2, 0.25) is 0 Å². The molecule has 1 aliphatic carbocycles. The molecule has 1 aromatic heterocycles. The van der Waals surface area contributed by atoms with Crippen LogP contribution in [0.5, 0.6) is 0 Å². The van der Waals surface area contributed by atoms with Crippen molar-refractivity contribution in [1.29, 1.82) is 0 Å². The Bertz CT molecular complexity index is 516. The number of nitrogens with zero attached hydrogens (tertiary/aromatic N) is 1. The first kappa shape index (κ1) is 16.3. The van der Waals surface area contributed by atoms with Gasteiger partial charge in [0.1, 0.15) is 5.82 Å². The second-order valence-electron chi connectivity index (χ2n) is 6.34. The smallest absolute Gasteiger partial charge is 0.255 e. The van der Waals surface area contributed by atoms with E-state index in [1.54, 1.807) is 6.20 Å². The monoisotopic (exact) mass is 353 g/mol. The molecule has 0 bridgehead atoms. The van der Waals surface area contributed by atoms with E-state index >= 15 is 0 Å². The molecule has 1 unspecified atom stereocenters. The molecule has 1 aliphatic rings. The fourth-order valence-corrected chi connectivity index (χ4v) is 3.25. The van der Waals surface area contributed by atoms with E-state index in [9.17, 15) is 4.79 Å². The molecule has 1 fully saturated rings. The normalized spacial score (nSPS) is 20.9. The summed E-state index contributed by atoms with van der Waals surface area (Å²) in [5, 5.41) is 6.36. The highest BCUT2D eigenvalue weighted by atomic mass is 79.9. The Morgan fingerprint density at radius 1 is 1.48 bits per heavy atom. The number of rotatable bonds is 4. The van der Waals surface area contributed by atoms with Gasteiger partial charge in [-0.3, -0.25) is 4.79 Å². The van der Waals surface area contributed by atoms with Gasteiger partial charge in [-0.25, -0.2) is 4.98 Å². The van der Waals surface area contributed by atoms with Crippen molar-refractivity contribution >= 4 is 27.7 Å². The van der Waals surface area contributed by atoms with Crippen LogP contribution in [0.15, 0.2) is 16.7 Å². The van der Waals surface area contributed by atoms with Crippen LogP contribution >= 0.6 is 15.9 Å². The molecule has 0 aliphatic heterocycles. The second-order valence-corrected chi connectivity index (χ2v) is 7.26. The van der Waals surface area contributed by atoms with Crippen LogP contribution in [-0.4, -0.2) is 23.5 Å². The number of halogens is 1. The number of nitrogens with one attached hydrogen (secondary N) is 2. The maximum absolute atomic E-state index is 12.6. The van der Waals surface area contributed by atoms with Crippen LogP contribution in [0.25, 0.3) is 0 Å². The molecule has 2 rings (SSSR count). The van der Waals surface area contributed by atoms with Gasteiger partial charge in [0, 0.05) is 23.3 Å². The van der Waals surface area contributed by atoms with Gasteiger partial charge in [-0.1, -0.05) is 26.7 Å². The lowest BCUT2D eigenvalue weighted by Gasteiger charge is -2.39. The van der Waals surface area contributed by atoms with Gasteiger partial charge in [0.15, 0.2) is 0 Å². The van der Waals surface area contributed by atoms with Gasteiger partial charge in [0.25, 0.3) is 5.91 Å². The summed E-state index contributed by atoms with van der Waals surface area (Å²) < 4.78 is 0.817. The van der Waals surface area contributed by atoms with Crippen molar-refractivity contribution in [3.63, 3.8) is 0 Å². The molecule has 2 N–H and O–H groups in total. The number of hydrogen-bond donors (Lipinski definition) is 2. The van der Waals surface area contributed by atoms with Crippen LogP contribution < -0.4 is 10.6 Å². The molecule has 1 heterocycles. The lowest BCUT2D eigenvalue weighted by atomic mass is 9.73. The zero-order valence-corrected chi connectivity index (χ0v) is 14.6. The van der Waals surface area contributed by atoms with E-state index < -0.39 is 0 Å². The third kappa shape index (κ3) is 3.96. The highest BCUT2D eigenvalue weighted by Crippen LogP contribution is 2.35. The molecule has 1 saturated carbocycles. The molecule has 0 aromatic carbocycles. The van der Waals surface area contributed by atoms with Gasteiger partial charge in [0.05, 0.1) is 5.56 Å². The van der Waals surface area contributed by atoms with E-state index in [1.165, 1.54) is 12.8 Å². The van der Waals surface area contributed by atoms with Crippen molar-refractivity contribution in [3.8, 4) is 0 Å². The Labute approximate surface area is 135 Å². The average Bonchev–Trinajstić information content (AvgIpc) is 2.43. The molecule has 1 aromatic rings. The Morgan fingerprint density at radius 3 is 2.90 bits per heavy atom. The standard InChI is InChI=1S/C16H24BrN3O/c1-4-18-14-12(9-11(17)10-19-14)15(21)20-13-7-5-6-8-16(13,2)3/h9-10,13H,4-8H2,1-3H3,(H,18,19)(H,20,21). The zero-order chi connectivity index (χ0) is 15.5. The predicted molar refractivity (Wildman–Crippen MR) is 89.6 cm³/mol. The lowest BCUT2D eigenvalue weighted by Crippen LogP contribution is -2.47. The Balaban J connectivity index is 2.18. The summed E-state index contributed by atoms with van der Waals surface area (Å²) in [6.45, 7) is 7.21. The van der Waals surface area contributed by atoms with Crippen molar-refractivity contribution in [2.45, 2.75) is 52.5 Å². The highest BCUT2D eigenvalue weighted by molar-refractivity contribution is 9.10. The van der Waals surface area contributed by atoms with E-state index in [2.05, 4.69) is 45.4 Å². The Hall–Kier alpha value is -1.10. The van der Waals surface area contributed by atoms with E-state index in [-0.39, 0.29) is 17.4 Å². The summed E-state index contributed by atoms with van der Waals surface area (Å²) in [6, 6.07) is 2.06. The molecule has 4 nitrogen and oxygen atoms in total. The van der Waals surface area contributed by atoms with E-state index in [0.29, 0.717) is 11.4 Å². The number of anilines is 1. The summed E-state index contributed by atoms with van der Waals surface area (Å²) in [5.74, 6) is 0.603. The molecule has 0 saturated heterocycles. The first-order valence-corrected chi connectivity index (χ1v) is 8.43. The fourth-order valence-electron chi connectivity index (χ4n) is 2.92. The predicted octanol–water partition coefficient (Wildman–Crippen LogP) is 3.97. The number of carbonyl (C=O) groups excluding carboxylic acids is 1. The molecule has 0 radical (unpaired) electrons. The number of amides is 1. The third-order valence-electron chi connectivity index (χ3n) is 4.26. The molecule has 1 atom stereocenters. The van der Waals surface area contributed by atoms with Gasteiger partial charge in [0.2, 0.25) is 0 Å². The molecular formula is C16H24BrN3O. The maximum atomic E-state index is 12.6. The van der Waals surface area contributed by atoms with E-state index in [1.807, 2.05) is 13.0 Å². The number of hydrogen-bond acceptors (Lipinski definition) is 3. The van der Waals surface area contributed by atoms with Gasteiger partial charge in [-0.15, -0.1) is 0 Å². The first-order valence-electron chi connectivity index (χ1n) is 7.64. The van der Waals surface area contributed by atoms with E-state index in [0.717, 1.165) is 23.9 Å². The molecule has 0 spiro atoms. The minimum absolute atomic E-state index is 0.0419. The summed E-state index contributed by atoms with van der Waals surface area (Å²) in [5.41, 5.74) is 0.763. The SMILES string of the molecule is CCNc1ncc(Br)cc1C(=O)NC1CCCCC1(C)C. The maximum Gasteiger partial charge on any atom is 0.255 e. The van der Waals surface area contributed by atoms with Gasteiger partial charge < -0.3 is 10.6 Å². The quantitative estimate of drug-likeness (QED) is 0.860. The molecule has 1 amide bonds. The summed E-state index contributed by atoms with van der Waals surface area (Å²) in [7, 11) is 0. The summed E-state index contributed by atoms with van der Waals surface area (Å²) >= 11 is 3.39. The summed E-state index contributed by atoms with van der Waals surface area (Å²) in [6.07, 6.45) is 6.36.